The number of nitrogens with two attached hydrogens (primary N) is 1. The second kappa shape index (κ2) is 8.64. The van der Waals surface area contributed by atoms with Gasteiger partial charge in [-0.2, -0.15) is 0 Å². The van der Waals surface area contributed by atoms with Gasteiger partial charge in [-0.25, -0.2) is 0 Å². The summed E-state index contributed by atoms with van der Waals surface area (Å²) in [5, 5.41) is 12.2. The van der Waals surface area contributed by atoms with Crippen molar-refractivity contribution in [2.24, 2.45) is 5.73 Å². The van der Waals surface area contributed by atoms with Gasteiger partial charge in [-0.3, -0.25) is 0 Å². The number of nitrogens with one attached hydrogen (secondary N) is 1. The molecule has 98 valence electrons. The van der Waals surface area contributed by atoms with Gasteiger partial charge in [0, 0.05) is 22.9 Å². The lowest BCUT2D eigenvalue weighted by Gasteiger charge is -2.15. The van der Waals surface area contributed by atoms with Crippen molar-refractivity contribution in [1.29, 1.82) is 0 Å². The van der Waals surface area contributed by atoms with Gasteiger partial charge in [0.15, 0.2) is 0 Å². The molecular formula is C13H24N2OS. The summed E-state index contributed by atoms with van der Waals surface area (Å²) in [5.74, 6) is 0. The van der Waals surface area contributed by atoms with Crippen LogP contribution < -0.4 is 11.1 Å². The normalized spacial score (nSPS) is 12.9. The smallest absolute Gasteiger partial charge is 0.0539 e. The van der Waals surface area contributed by atoms with E-state index in [2.05, 4.69) is 24.4 Å². The Bertz CT molecular complexity index is 301. The second-order valence-electron chi connectivity index (χ2n) is 4.18. The van der Waals surface area contributed by atoms with E-state index in [1.54, 1.807) is 0 Å². The summed E-state index contributed by atoms with van der Waals surface area (Å²) in [7, 11) is 0. The molecule has 3 nitrogen and oxygen atoms in total. The van der Waals surface area contributed by atoms with Crippen LogP contribution >= 0.6 is 11.3 Å². The zero-order valence-electron chi connectivity index (χ0n) is 10.6. The third-order valence-electron chi connectivity index (χ3n) is 2.84. The molecular weight excluding hydrogens is 232 g/mol. The Kier molecular flexibility index (Phi) is 7.44. The van der Waals surface area contributed by atoms with Crippen molar-refractivity contribution >= 4 is 11.3 Å². The van der Waals surface area contributed by atoms with E-state index in [0.29, 0.717) is 13.2 Å². The molecule has 0 amide bonds. The van der Waals surface area contributed by atoms with Gasteiger partial charge in [-0.1, -0.05) is 6.92 Å². The maximum absolute atomic E-state index is 8.69. The zero-order valence-corrected chi connectivity index (χ0v) is 11.4. The molecule has 1 aromatic rings. The van der Waals surface area contributed by atoms with Crippen molar-refractivity contribution in [2.45, 2.75) is 38.6 Å². The monoisotopic (exact) mass is 256 g/mol. The third kappa shape index (κ3) is 5.17. The fraction of sp³-hybridized carbons (Fsp3) is 0.692. The Morgan fingerprint density at radius 3 is 2.76 bits per heavy atom. The average Bonchev–Trinajstić information content (AvgIpc) is 2.82. The minimum Gasteiger partial charge on any atom is -0.396 e. The van der Waals surface area contributed by atoms with Crippen molar-refractivity contribution in [2.75, 3.05) is 19.7 Å². The molecule has 4 heteroatoms. The van der Waals surface area contributed by atoms with E-state index in [1.807, 2.05) is 11.3 Å². The Hall–Kier alpha value is -0.420. The molecule has 0 fully saturated rings. The van der Waals surface area contributed by atoms with Crippen LogP contribution in [0.4, 0.5) is 0 Å². The van der Waals surface area contributed by atoms with Crippen LogP contribution in [-0.2, 0) is 6.42 Å². The lowest BCUT2D eigenvalue weighted by Crippen LogP contribution is -2.28. The number of aryl methyl sites for hydroxylation is 1. The van der Waals surface area contributed by atoms with E-state index in [1.165, 1.54) is 9.75 Å². The van der Waals surface area contributed by atoms with Gasteiger partial charge in [0.05, 0.1) is 6.04 Å². The molecule has 1 unspecified atom stereocenters. The topological polar surface area (TPSA) is 58.3 Å². The summed E-state index contributed by atoms with van der Waals surface area (Å²) in [6.07, 6.45) is 4.17. The van der Waals surface area contributed by atoms with Crippen LogP contribution in [0.15, 0.2) is 12.1 Å². The van der Waals surface area contributed by atoms with Gasteiger partial charge in [0.2, 0.25) is 0 Å². The summed E-state index contributed by atoms with van der Waals surface area (Å²) >= 11 is 1.85. The molecule has 0 bridgehead atoms. The largest absolute Gasteiger partial charge is 0.396 e. The highest BCUT2D eigenvalue weighted by Crippen LogP contribution is 2.23. The molecule has 0 spiro atoms. The maximum Gasteiger partial charge on any atom is 0.0539 e. The summed E-state index contributed by atoms with van der Waals surface area (Å²) in [5.41, 5.74) is 5.80. The molecule has 4 N–H and O–H groups in total. The molecule has 0 aliphatic heterocycles. The number of aliphatic hydroxyl groups excluding tert-OH is 1. The standard InChI is InChI=1S/C13H24N2OS/c1-2-11-6-7-13(17-11)12(10-14)15-8-4-3-5-9-16/h6-7,12,15-16H,2-5,8-10,14H2,1H3. The Morgan fingerprint density at radius 1 is 1.35 bits per heavy atom. The highest BCUT2D eigenvalue weighted by atomic mass is 32.1. The van der Waals surface area contributed by atoms with Crippen LogP contribution in [0.25, 0.3) is 0 Å². The Labute approximate surface area is 108 Å². The van der Waals surface area contributed by atoms with Crippen LogP contribution in [0.3, 0.4) is 0 Å². The van der Waals surface area contributed by atoms with Crippen molar-refractivity contribution in [3.05, 3.63) is 21.9 Å². The molecule has 0 saturated heterocycles. The number of hydrogen-bond acceptors (Lipinski definition) is 4. The zero-order chi connectivity index (χ0) is 12.5. The fourth-order valence-corrected chi connectivity index (χ4v) is 2.80. The first kappa shape index (κ1) is 14.6. The summed E-state index contributed by atoms with van der Waals surface area (Å²) in [6.45, 7) is 4.09. The molecule has 1 aromatic heterocycles. The van der Waals surface area contributed by atoms with Crippen LogP contribution in [0.1, 0.15) is 42.0 Å². The number of rotatable bonds is 9. The first-order chi connectivity index (χ1) is 8.31. The van der Waals surface area contributed by atoms with E-state index < -0.39 is 0 Å². The van der Waals surface area contributed by atoms with Gasteiger partial charge in [0.25, 0.3) is 0 Å². The molecule has 0 aliphatic carbocycles. The quantitative estimate of drug-likeness (QED) is 0.593. The molecule has 0 radical (unpaired) electrons. The molecule has 1 heterocycles. The van der Waals surface area contributed by atoms with Crippen LogP contribution in [0, 0.1) is 0 Å². The second-order valence-corrected chi connectivity index (χ2v) is 5.38. The van der Waals surface area contributed by atoms with Gasteiger partial charge in [0.1, 0.15) is 0 Å². The van der Waals surface area contributed by atoms with E-state index in [-0.39, 0.29) is 6.04 Å². The minimum absolute atomic E-state index is 0.287. The molecule has 1 rings (SSSR count). The summed E-state index contributed by atoms with van der Waals surface area (Å²) < 4.78 is 0. The Morgan fingerprint density at radius 2 is 2.18 bits per heavy atom. The van der Waals surface area contributed by atoms with Crippen molar-refractivity contribution in [3.63, 3.8) is 0 Å². The molecule has 1 atom stereocenters. The summed E-state index contributed by atoms with van der Waals surface area (Å²) in [4.78, 5) is 2.76. The fourth-order valence-electron chi connectivity index (χ4n) is 1.76. The van der Waals surface area contributed by atoms with Crippen molar-refractivity contribution in [3.8, 4) is 0 Å². The number of thiophene rings is 1. The van der Waals surface area contributed by atoms with E-state index in [9.17, 15) is 0 Å². The van der Waals surface area contributed by atoms with E-state index in [0.717, 1.165) is 32.2 Å². The van der Waals surface area contributed by atoms with Crippen LogP contribution in [0.2, 0.25) is 0 Å². The SMILES string of the molecule is CCc1ccc(C(CN)NCCCCCO)s1. The predicted octanol–water partition coefficient (Wildman–Crippen LogP) is 2.06. The average molecular weight is 256 g/mol. The first-order valence-corrected chi connectivity index (χ1v) is 7.26. The molecule has 0 aromatic carbocycles. The van der Waals surface area contributed by atoms with Crippen LogP contribution in [-0.4, -0.2) is 24.8 Å². The van der Waals surface area contributed by atoms with Gasteiger partial charge >= 0.3 is 0 Å². The Balaban J connectivity index is 2.32. The molecule has 17 heavy (non-hydrogen) atoms. The number of hydrogen-bond donors (Lipinski definition) is 3. The lowest BCUT2D eigenvalue weighted by atomic mass is 10.2. The third-order valence-corrected chi connectivity index (χ3v) is 4.18. The summed E-state index contributed by atoms with van der Waals surface area (Å²) in [6, 6.07) is 4.66. The van der Waals surface area contributed by atoms with E-state index >= 15 is 0 Å². The van der Waals surface area contributed by atoms with Gasteiger partial charge in [-0.15, -0.1) is 11.3 Å². The van der Waals surface area contributed by atoms with Gasteiger partial charge < -0.3 is 16.2 Å². The van der Waals surface area contributed by atoms with E-state index in [4.69, 9.17) is 10.8 Å². The number of aliphatic hydroxyl groups is 1. The molecule has 0 aliphatic rings. The highest BCUT2D eigenvalue weighted by molar-refractivity contribution is 7.12. The first-order valence-electron chi connectivity index (χ1n) is 6.44. The van der Waals surface area contributed by atoms with Crippen molar-refractivity contribution in [1.82, 2.24) is 5.32 Å². The minimum atomic E-state index is 0.287. The molecule has 0 saturated carbocycles. The van der Waals surface area contributed by atoms with Gasteiger partial charge in [-0.05, 0) is 44.4 Å². The lowest BCUT2D eigenvalue weighted by molar-refractivity contribution is 0.282. The maximum atomic E-state index is 8.69. The van der Waals surface area contributed by atoms with Crippen molar-refractivity contribution < 1.29 is 5.11 Å². The predicted molar refractivity (Wildman–Crippen MR) is 74.4 cm³/mol. The van der Waals surface area contributed by atoms with Crippen LogP contribution in [0.5, 0.6) is 0 Å². The highest BCUT2D eigenvalue weighted by Gasteiger charge is 2.10. The number of unbranched alkanes of at least 4 members (excludes halogenated alkanes) is 2.